The molecule has 0 bridgehead atoms. The van der Waals surface area contributed by atoms with Crippen molar-refractivity contribution in [3.8, 4) is 0 Å². The minimum absolute atomic E-state index is 0. The Hall–Kier alpha value is -0.370. The van der Waals surface area contributed by atoms with Gasteiger partial charge in [0.05, 0.1) is 0 Å². The summed E-state index contributed by atoms with van der Waals surface area (Å²) in [6.45, 7) is 3.46. The van der Waals surface area contributed by atoms with Gasteiger partial charge in [0.2, 0.25) is 0 Å². The predicted molar refractivity (Wildman–Crippen MR) is 73.9 cm³/mol. The molecule has 1 aromatic heterocycles. The van der Waals surface area contributed by atoms with Gasteiger partial charge in [-0.15, -0.1) is 0 Å². The summed E-state index contributed by atoms with van der Waals surface area (Å²) in [6, 6.07) is 6.29. The van der Waals surface area contributed by atoms with Crippen LogP contribution in [-0.4, -0.2) is 0 Å². The number of hydrogen-bond donors (Lipinski definition) is 0. The molecular weight excluding hydrogens is 286 g/mol. The number of halogens is 1. The van der Waals surface area contributed by atoms with E-state index in [1.165, 1.54) is 64.3 Å². The molecule has 0 saturated heterocycles. The molecule has 1 rings (SSSR count). The first kappa shape index (κ1) is 17.6. The van der Waals surface area contributed by atoms with Crippen molar-refractivity contribution in [2.75, 3.05) is 0 Å². The molecule has 0 fully saturated rings. The van der Waals surface area contributed by atoms with Gasteiger partial charge in [0, 0.05) is 18.6 Å². The van der Waals surface area contributed by atoms with Crippen LogP contribution in [0.1, 0.15) is 64.7 Å². The van der Waals surface area contributed by atoms with Gasteiger partial charge in [0.15, 0.2) is 12.4 Å². The largest absolute Gasteiger partial charge is 1.00 e. The highest BCUT2D eigenvalue weighted by atomic mass is 79.9. The molecule has 2 heteroatoms. The van der Waals surface area contributed by atoms with E-state index < -0.39 is 0 Å². The lowest BCUT2D eigenvalue weighted by Crippen LogP contribution is -3.00. The van der Waals surface area contributed by atoms with Crippen LogP contribution in [0.15, 0.2) is 30.6 Å². The van der Waals surface area contributed by atoms with E-state index in [2.05, 4.69) is 42.1 Å². The van der Waals surface area contributed by atoms with Crippen LogP contribution in [0.4, 0.5) is 0 Å². The van der Waals surface area contributed by atoms with Crippen LogP contribution < -0.4 is 21.5 Å². The van der Waals surface area contributed by atoms with Crippen molar-refractivity contribution in [3.63, 3.8) is 0 Å². The summed E-state index contributed by atoms with van der Waals surface area (Å²) in [7, 11) is 0. The lowest BCUT2D eigenvalue weighted by atomic mass is 10.1. The molecule has 0 atom stereocenters. The van der Waals surface area contributed by atoms with Gasteiger partial charge in [-0.25, -0.2) is 4.57 Å². The zero-order valence-electron chi connectivity index (χ0n) is 11.8. The third-order valence-electron chi connectivity index (χ3n) is 3.30. The summed E-state index contributed by atoms with van der Waals surface area (Å²) in [6.07, 6.45) is 17.0. The molecule has 0 saturated carbocycles. The van der Waals surface area contributed by atoms with Crippen LogP contribution >= 0.6 is 0 Å². The van der Waals surface area contributed by atoms with Gasteiger partial charge in [0.25, 0.3) is 0 Å². The van der Waals surface area contributed by atoms with E-state index in [0.717, 1.165) is 0 Å². The second kappa shape index (κ2) is 13.1. The average molecular weight is 314 g/mol. The van der Waals surface area contributed by atoms with Crippen LogP contribution in [-0.2, 0) is 6.54 Å². The van der Waals surface area contributed by atoms with Gasteiger partial charge < -0.3 is 17.0 Å². The fourth-order valence-corrected chi connectivity index (χ4v) is 2.19. The number of pyridine rings is 1. The van der Waals surface area contributed by atoms with Crippen molar-refractivity contribution in [2.24, 2.45) is 0 Å². The van der Waals surface area contributed by atoms with E-state index in [0.29, 0.717) is 0 Å². The highest BCUT2D eigenvalue weighted by molar-refractivity contribution is 4.83. The molecule has 0 radical (unpaired) electrons. The molecule has 0 unspecified atom stereocenters. The van der Waals surface area contributed by atoms with Crippen molar-refractivity contribution in [3.05, 3.63) is 30.6 Å². The lowest BCUT2D eigenvalue weighted by Gasteiger charge is -2.00. The van der Waals surface area contributed by atoms with Crippen LogP contribution in [0.2, 0.25) is 0 Å². The Kier molecular flexibility index (Phi) is 12.8. The Morgan fingerprint density at radius 2 is 1.17 bits per heavy atom. The Balaban J connectivity index is 0.00000289. The van der Waals surface area contributed by atoms with Crippen molar-refractivity contribution in [2.45, 2.75) is 71.3 Å². The molecule has 0 aliphatic rings. The fraction of sp³-hybridized carbons (Fsp3) is 0.688. The summed E-state index contributed by atoms with van der Waals surface area (Å²) >= 11 is 0. The maximum atomic E-state index is 2.28. The van der Waals surface area contributed by atoms with Crippen molar-refractivity contribution in [1.82, 2.24) is 0 Å². The van der Waals surface area contributed by atoms with Crippen LogP contribution in [0, 0.1) is 0 Å². The van der Waals surface area contributed by atoms with Crippen molar-refractivity contribution >= 4 is 0 Å². The van der Waals surface area contributed by atoms with Crippen molar-refractivity contribution in [1.29, 1.82) is 0 Å². The Morgan fingerprint density at radius 1 is 0.667 bits per heavy atom. The maximum Gasteiger partial charge on any atom is 0.168 e. The van der Waals surface area contributed by atoms with Gasteiger partial charge in [-0.3, -0.25) is 0 Å². The second-order valence-corrected chi connectivity index (χ2v) is 4.94. The highest BCUT2D eigenvalue weighted by Crippen LogP contribution is 2.09. The van der Waals surface area contributed by atoms with E-state index in [4.69, 9.17) is 0 Å². The SMILES string of the molecule is CCCCCCCCCCC[n+]1ccccc1.[Br-]. The van der Waals surface area contributed by atoms with Gasteiger partial charge in [-0.1, -0.05) is 57.9 Å². The highest BCUT2D eigenvalue weighted by Gasteiger charge is 1.97. The standard InChI is InChI=1S/C16H28N.BrH/c1-2-3-4-5-6-7-8-9-11-14-17-15-12-10-13-16-17;/h10,12-13,15-16H,2-9,11,14H2,1H3;1H/q+1;/p-1. The quantitative estimate of drug-likeness (QED) is 0.455. The molecule has 0 amide bonds. The topological polar surface area (TPSA) is 3.88 Å². The molecular formula is C16H28BrN. The van der Waals surface area contributed by atoms with Crippen LogP contribution in [0.25, 0.3) is 0 Å². The minimum atomic E-state index is 0. The minimum Gasteiger partial charge on any atom is -1.00 e. The van der Waals surface area contributed by atoms with E-state index in [9.17, 15) is 0 Å². The Morgan fingerprint density at radius 3 is 1.72 bits per heavy atom. The molecule has 1 aromatic rings. The number of rotatable bonds is 10. The zero-order chi connectivity index (χ0) is 12.2. The molecule has 0 aromatic carbocycles. The Bertz CT molecular complexity index is 261. The fourth-order valence-electron chi connectivity index (χ4n) is 2.19. The predicted octanol–water partition coefficient (Wildman–Crippen LogP) is 1.51. The zero-order valence-corrected chi connectivity index (χ0v) is 13.4. The number of aromatic nitrogens is 1. The van der Waals surface area contributed by atoms with E-state index in [1.807, 2.05) is 0 Å². The molecule has 1 heterocycles. The van der Waals surface area contributed by atoms with E-state index >= 15 is 0 Å². The van der Waals surface area contributed by atoms with Crippen LogP contribution in [0.3, 0.4) is 0 Å². The summed E-state index contributed by atoms with van der Waals surface area (Å²) in [5.41, 5.74) is 0. The molecule has 18 heavy (non-hydrogen) atoms. The van der Waals surface area contributed by atoms with Crippen molar-refractivity contribution < 1.29 is 21.5 Å². The maximum absolute atomic E-state index is 2.28. The molecule has 0 aliphatic carbocycles. The number of nitrogens with zero attached hydrogens (tertiary/aromatic N) is 1. The van der Waals surface area contributed by atoms with E-state index in [-0.39, 0.29) is 17.0 Å². The van der Waals surface area contributed by atoms with Gasteiger partial charge in [-0.05, 0) is 6.42 Å². The number of unbranched alkanes of at least 4 members (excludes halogenated alkanes) is 8. The lowest BCUT2D eigenvalue weighted by molar-refractivity contribution is -0.697. The summed E-state index contributed by atoms with van der Waals surface area (Å²) in [5, 5.41) is 0. The molecule has 0 N–H and O–H groups in total. The monoisotopic (exact) mass is 313 g/mol. The van der Waals surface area contributed by atoms with Gasteiger partial charge in [-0.2, -0.15) is 0 Å². The van der Waals surface area contributed by atoms with Gasteiger partial charge in [0.1, 0.15) is 6.54 Å². The normalized spacial score (nSPS) is 10.1. The second-order valence-electron chi connectivity index (χ2n) is 4.94. The third-order valence-corrected chi connectivity index (χ3v) is 3.30. The third kappa shape index (κ3) is 9.64. The van der Waals surface area contributed by atoms with Gasteiger partial charge >= 0.3 is 0 Å². The summed E-state index contributed by atoms with van der Waals surface area (Å²) < 4.78 is 2.28. The smallest absolute Gasteiger partial charge is 0.168 e. The van der Waals surface area contributed by atoms with E-state index in [1.54, 1.807) is 0 Å². The summed E-state index contributed by atoms with van der Waals surface area (Å²) in [4.78, 5) is 0. The molecule has 1 nitrogen and oxygen atoms in total. The molecule has 0 spiro atoms. The summed E-state index contributed by atoms with van der Waals surface area (Å²) in [5.74, 6) is 0. The average Bonchev–Trinajstić information content (AvgIpc) is 2.38. The first-order chi connectivity index (χ1) is 8.43. The number of hydrogen-bond acceptors (Lipinski definition) is 0. The first-order valence-electron chi connectivity index (χ1n) is 7.37. The van der Waals surface area contributed by atoms with Crippen LogP contribution in [0.5, 0.6) is 0 Å². The molecule has 104 valence electrons. The first-order valence-corrected chi connectivity index (χ1v) is 7.37. The Labute approximate surface area is 123 Å². The number of aryl methyl sites for hydroxylation is 1. The molecule has 0 aliphatic heterocycles.